The maximum atomic E-state index is 5.79. The molecular weight excluding hydrogens is 210 g/mol. The molecule has 2 nitrogen and oxygen atoms in total. The molecule has 1 rings (SSSR count). The maximum absolute atomic E-state index is 5.79. The van der Waals surface area contributed by atoms with Crippen molar-refractivity contribution >= 4 is 17.3 Å². The fraction of sp³-hybridized carbons (Fsp3) is 0.500. The molecule has 1 aromatic rings. The van der Waals surface area contributed by atoms with Crippen molar-refractivity contribution in [1.29, 1.82) is 0 Å². The van der Waals surface area contributed by atoms with Crippen molar-refractivity contribution in [2.75, 3.05) is 12.3 Å². The predicted molar refractivity (Wildman–Crippen MR) is 65.4 cm³/mol. The van der Waals surface area contributed by atoms with Gasteiger partial charge in [-0.15, -0.1) is 0 Å². The van der Waals surface area contributed by atoms with Gasteiger partial charge in [0.05, 0.1) is 12.3 Å². The topological polar surface area (TPSA) is 35.2 Å². The molecule has 15 heavy (non-hydrogen) atoms. The first-order chi connectivity index (χ1) is 7.13. The highest BCUT2D eigenvalue weighted by Crippen LogP contribution is 2.25. The number of benzene rings is 1. The molecule has 0 aliphatic heterocycles. The average Bonchev–Trinajstić information content (AvgIpc) is 2.17. The Bertz CT molecular complexity index is 314. The van der Waals surface area contributed by atoms with Gasteiger partial charge in [-0.25, -0.2) is 0 Å². The molecule has 0 amide bonds. The molecule has 0 spiro atoms. The number of rotatable bonds is 5. The summed E-state index contributed by atoms with van der Waals surface area (Å²) in [5.74, 6) is 1.28. The lowest BCUT2D eigenvalue weighted by Gasteiger charge is -2.13. The Balaban J connectivity index is 2.50. The van der Waals surface area contributed by atoms with Gasteiger partial charge in [0.2, 0.25) is 0 Å². The van der Waals surface area contributed by atoms with E-state index in [1.807, 2.05) is 6.07 Å². The number of nitrogen functional groups attached to an aromatic ring is 1. The van der Waals surface area contributed by atoms with Gasteiger partial charge >= 0.3 is 0 Å². The average molecular weight is 228 g/mol. The van der Waals surface area contributed by atoms with E-state index in [4.69, 9.17) is 22.1 Å². The number of ether oxygens (including phenoxy) is 1. The lowest BCUT2D eigenvalue weighted by molar-refractivity contribution is 0.253. The van der Waals surface area contributed by atoms with E-state index in [-0.39, 0.29) is 0 Å². The molecule has 0 saturated heterocycles. The highest BCUT2D eigenvalue weighted by molar-refractivity contribution is 6.30. The first kappa shape index (κ1) is 12.2. The number of anilines is 1. The van der Waals surface area contributed by atoms with Crippen LogP contribution < -0.4 is 10.5 Å². The van der Waals surface area contributed by atoms with Gasteiger partial charge in [-0.2, -0.15) is 0 Å². The van der Waals surface area contributed by atoms with E-state index in [2.05, 4.69) is 13.8 Å². The first-order valence-electron chi connectivity index (χ1n) is 5.31. The summed E-state index contributed by atoms with van der Waals surface area (Å²) < 4.78 is 5.62. The standard InChI is InChI=1S/C12H18ClNO/c1-3-4-9(2)8-15-12-6-5-10(13)7-11(12)14/h5-7,9H,3-4,8,14H2,1-2H3/t9-/m1/s1. The SMILES string of the molecule is CCC[C@@H](C)COc1ccc(Cl)cc1N. The Morgan fingerprint density at radius 2 is 2.20 bits per heavy atom. The first-order valence-corrected chi connectivity index (χ1v) is 5.69. The molecular formula is C12H18ClNO. The Labute approximate surface area is 96.4 Å². The number of halogens is 1. The zero-order valence-corrected chi connectivity index (χ0v) is 10.1. The van der Waals surface area contributed by atoms with E-state index in [1.54, 1.807) is 12.1 Å². The van der Waals surface area contributed by atoms with Crippen molar-refractivity contribution in [1.82, 2.24) is 0 Å². The zero-order chi connectivity index (χ0) is 11.3. The van der Waals surface area contributed by atoms with Crippen molar-refractivity contribution in [2.24, 2.45) is 5.92 Å². The van der Waals surface area contributed by atoms with Crippen LogP contribution in [0.1, 0.15) is 26.7 Å². The lowest BCUT2D eigenvalue weighted by Crippen LogP contribution is -2.09. The third-order valence-corrected chi connectivity index (χ3v) is 2.51. The monoisotopic (exact) mass is 227 g/mol. The van der Waals surface area contributed by atoms with Crippen LogP contribution in [-0.2, 0) is 0 Å². The van der Waals surface area contributed by atoms with Gasteiger partial charge in [0.1, 0.15) is 5.75 Å². The molecule has 0 radical (unpaired) electrons. The molecule has 3 heteroatoms. The number of nitrogens with two attached hydrogens (primary N) is 1. The molecule has 0 fully saturated rings. The van der Waals surface area contributed by atoms with Gasteiger partial charge in [0.25, 0.3) is 0 Å². The van der Waals surface area contributed by atoms with Crippen molar-refractivity contribution in [3.05, 3.63) is 23.2 Å². The summed E-state index contributed by atoms with van der Waals surface area (Å²) in [7, 11) is 0. The van der Waals surface area contributed by atoms with Crippen molar-refractivity contribution < 1.29 is 4.74 Å². The second kappa shape index (κ2) is 5.86. The van der Waals surface area contributed by atoms with Gasteiger partial charge in [-0.3, -0.25) is 0 Å². The fourth-order valence-corrected chi connectivity index (χ4v) is 1.64. The molecule has 0 unspecified atom stereocenters. The smallest absolute Gasteiger partial charge is 0.142 e. The van der Waals surface area contributed by atoms with E-state index in [0.717, 1.165) is 5.75 Å². The normalized spacial score (nSPS) is 12.5. The molecule has 0 aliphatic rings. The summed E-state index contributed by atoms with van der Waals surface area (Å²) in [5, 5.41) is 0.640. The van der Waals surface area contributed by atoms with E-state index in [1.165, 1.54) is 12.8 Å². The van der Waals surface area contributed by atoms with Crippen LogP contribution in [0, 0.1) is 5.92 Å². The van der Waals surface area contributed by atoms with Crippen molar-refractivity contribution in [2.45, 2.75) is 26.7 Å². The summed E-state index contributed by atoms with van der Waals surface area (Å²) in [6, 6.07) is 5.31. The van der Waals surface area contributed by atoms with Crippen LogP contribution in [0.15, 0.2) is 18.2 Å². The van der Waals surface area contributed by atoms with E-state index < -0.39 is 0 Å². The minimum atomic E-state index is 0.560. The van der Waals surface area contributed by atoms with Crippen LogP contribution >= 0.6 is 11.6 Å². The molecule has 1 atom stereocenters. The quantitative estimate of drug-likeness (QED) is 0.778. The molecule has 84 valence electrons. The van der Waals surface area contributed by atoms with Crippen LogP contribution in [0.5, 0.6) is 5.75 Å². The summed E-state index contributed by atoms with van der Waals surface area (Å²) in [4.78, 5) is 0. The Hall–Kier alpha value is -0.890. The zero-order valence-electron chi connectivity index (χ0n) is 9.29. The van der Waals surface area contributed by atoms with Crippen LogP contribution in [0.4, 0.5) is 5.69 Å². The third kappa shape index (κ3) is 4.00. The molecule has 0 bridgehead atoms. The molecule has 1 aromatic carbocycles. The van der Waals surface area contributed by atoms with Gasteiger partial charge in [-0.1, -0.05) is 31.9 Å². The van der Waals surface area contributed by atoms with Crippen LogP contribution in [0.2, 0.25) is 5.02 Å². The molecule has 0 aliphatic carbocycles. The van der Waals surface area contributed by atoms with Gasteiger partial charge in [0.15, 0.2) is 0 Å². The van der Waals surface area contributed by atoms with Crippen LogP contribution in [-0.4, -0.2) is 6.61 Å². The van der Waals surface area contributed by atoms with E-state index >= 15 is 0 Å². The van der Waals surface area contributed by atoms with E-state index in [0.29, 0.717) is 23.2 Å². The summed E-state index contributed by atoms with van der Waals surface area (Å²) in [6.07, 6.45) is 2.36. The highest BCUT2D eigenvalue weighted by Gasteiger charge is 2.04. The molecule has 0 aromatic heterocycles. The van der Waals surface area contributed by atoms with E-state index in [9.17, 15) is 0 Å². The Morgan fingerprint density at radius 3 is 2.80 bits per heavy atom. The Kier molecular flexibility index (Phi) is 4.76. The minimum Gasteiger partial charge on any atom is -0.491 e. The fourth-order valence-electron chi connectivity index (χ4n) is 1.46. The molecule has 0 saturated carbocycles. The minimum absolute atomic E-state index is 0.560. The summed E-state index contributed by atoms with van der Waals surface area (Å²) in [5.41, 5.74) is 6.38. The highest BCUT2D eigenvalue weighted by atomic mass is 35.5. The third-order valence-electron chi connectivity index (χ3n) is 2.28. The van der Waals surface area contributed by atoms with Gasteiger partial charge < -0.3 is 10.5 Å². The van der Waals surface area contributed by atoms with Crippen molar-refractivity contribution in [3.8, 4) is 5.75 Å². The van der Waals surface area contributed by atoms with Gasteiger partial charge in [0, 0.05) is 5.02 Å². The van der Waals surface area contributed by atoms with Crippen LogP contribution in [0.25, 0.3) is 0 Å². The number of hydrogen-bond acceptors (Lipinski definition) is 2. The summed E-state index contributed by atoms with van der Waals surface area (Å²) in [6.45, 7) is 5.06. The second-order valence-electron chi connectivity index (χ2n) is 3.89. The molecule has 0 heterocycles. The largest absolute Gasteiger partial charge is 0.491 e. The van der Waals surface area contributed by atoms with Crippen LogP contribution in [0.3, 0.4) is 0 Å². The van der Waals surface area contributed by atoms with Gasteiger partial charge in [-0.05, 0) is 30.5 Å². The molecule has 2 N–H and O–H groups in total. The number of hydrogen-bond donors (Lipinski definition) is 1. The lowest BCUT2D eigenvalue weighted by atomic mass is 10.1. The Morgan fingerprint density at radius 1 is 1.47 bits per heavy atom. The maximum Gasteiger partial charge on any atom is 0.142 e. The predicted octanol–water partition coefficient (Wildman–Crippen LogP) is 3.74. The van der Waals surface area contributed by atoms with Crippen molar-refractivity contribution in [3.63, 3.8) is 0 Å². The summed E-state index contributed by atoms with van der Waals surface area (Å²) >= 11 is 5.79. The second-order valence-corrected chi connectivity index (χ2v) is 4.32.